The van der Waals surface area contributed by atoms with Crippen LogP contribution in [0.4, 0.5) is 0 Å². The highest BCUT2D eigenvalue weighted by Crippen LogP contribution is 1.52. The van der Waals surface area contributed by atoms with E-state index in [9.17, 15) is 0 Å². The first-order valence-corrected chi connectivity index (χ1v) is 1.95. The number of hydrogen-bond acceptors (Lipinski definition) is 2. The highest BCUT2D eigenvalue weighted by atomic mass is 16.2. The lowest BCUT2D eigenvalue weighted by molar-refractivity contribution is -0.122. The highest BCUT2D eigenvalue weighted by Gasteiger charge is 1.47. The van der Waals surface area contributed by atoms with E-state index in [1.807, 2.05) is 0 Å². The molecule has 0 rings (SSSR count). The molecule has 0 radical (unpaired) electrons. The van der Waals surface area contributed by atoms with Gasteiger partial charge in [0.25, 0.3) is 0 Å². The number of hydrogen-bond donors (Lipinski definition) is 0. The SMILES string of the molecule is C.C=CC=C.O=CC=O. The molecule has 0 aliphatic heterocycles. The van der Waals surface area contributed by atoms with Crippen molar-refractivity contribution in [3.63, 3.8) is 0 Å². The average Bonchev–Trinajstić information content (AvgIpc) is 1.88. The maximum absolute atomic E-state index is 8.81. The zero-order valence-corrected chi connectivity index (χ0v) is 4.54. The Morgan fingerprint density at radius 1 is 0.889 bits per heavy atom. The molecule has 2 heteroatoms. The molecule has 0 bridgehead atoms. The smallest absolute Gasteiger partial charge is 0.182 e. The molecule has 0 heterocycles. The second kappa shape index (κ2) is 29.0. The van der Waals surface area contributed by atoms with Gasteiger partial charge in [0.1, 0.15) is 0 Å². The van der Waals surface area contributed by atoms with E-state index in [0.717, 1.165) is 0 Å². The van der Waals surface area contributed by atoms with Crippen LogP contribution in [0, 0.1) is 0 Å². The zero-order chi connectivity index (χ0) is 6.83. The fourth-order valence-corrected chi connectivity index (χ4v) is 0. The number of allylic oxidation sites excluding steroid dienone is 2. The molecule has 0 atom stereocenters. The van der Waals surface area contributed by atoms with Crippen LogP contribution in [0.25, 0.3) is 0 Å². The molecule has 0 fully saturated rings. The number of carbonyl (C=O) groups is 2. The highest BCUT2D eigenvalue weighted by molar-refractivity contribution is 6.09. The monoisotopic (exact) mass is 128 g/mol. The first kappa shape index (κ1) is 15.7. The summed E-state index contributed by atoms with van der Waals surface area (Å²) in [5.74, 6) is 0. The number of rotatable bonds is 2. The summed E-state index contributed by atoms with van der Waals surface area (Å²) in [6, 6.07) is 0. The van der Waals surface area contributed by atoms with Crippen molar-refractivity contribution in [2.24, 2.45) is 0 Å². The van der Waals surface area contributed by atoms with E-state index >= 15 is 0 Å². The molecule has 0 saturated carbocycles. The van der Waals surface area contributed by atoms with Gasteiger partial charge in [0, 0.05) is 0 Å². The van der Waals surface area contributed by atoms with Gasteiger partial charge < -0.3 is 0 Å². The van der Waals surface area contributed by atoms with Crippen LogP contribution in [0.5, 0.6) is 0 Å². The summed E-state index contributed by atoms with van der Waals surface area (Å²) in [6.45, 7) is 6.72. The Kier molecular flexibility index (Phi) is 50.5. The van der Waals surface area contributed by atoms with Gasteiger partial charge in [-0.3, -0.25) is 9.59 Å². The van der Waals surface area contributed by atoms with Crippen molar-refractivity contribution in [2.45, 2.75) is 7.43 Å². The molecule has 0 aromatic heterocycles. The summed E-state index contributed by atoms with van der Waals surface area (Å²) in [4.78, 5) is 17.6. The van der Waals surface area contributed by atoms with Gasteiger partial charge in [-0.15, -0.1) is 0 Å². The third-order valence-electron chi connectivity index (χ3n) is 0.222. The lowest BCUT2D eigenvalue weighted by Gasteiger charge is -1.44. The summed E-state index contributed by atoms with van der Waals surface area (Å²) in [5, 5.41) is 0. The van der Waals surface area contributed by atoms with Crippen molar-refractivity contribution in [1.29, 1.82) is 0 Å². The molecule has 0 spiro atoms. The van der Waals surface area contributed by atoms with Crippen LogP contribution in [0.15, 0.2) is 25.3 Å². The summed E-state index contributed by atoms with van der Waals surface area (Å²) in [5.41, 5.74) is 0. The van der Waals surface area contributed by atoms with Crippen LogP contribution in [0.3, 0.4) is 0 Å². The van der Waals surface area contributed by atoms with Crippen LogP contribution in [-0.2, 0) is 9.59 Å². The van der Waals surface area contributed by atoms with Gasteiger partial charge in [-0.1, -0.05) is 32.7 Å². The molecule has 0 N–H and O–H groups in total. The first-order chi connectivity index (χ1) is 3.83. The van der Waals surface area contributed by atoms with Crippen LogP contribution in [-0.4, -0.2) is 12.6 Å². The van der Waals surface area contributed by atoms with Gasteiger partial charge in [0.05, 0.1) is 0 Å². The molecule has 52 valence electrons. The second-order valence-corrected chi connectivity index (χ2v) is 0.744. The van der Waals surface area contributed by atoms with Crippen molar-refractivity contribution >= 4 is 12.6 Å². The Morgan fingerprint density at radius 2 is 1.11 bits per heavy atom. The van der Waals surface area contributed by atoms with Gasteiger partial charge in [0.2, 0.25) is 0 Å². The molecule has 0 unspecified atom stereocenters. The molecule has 2 nitrogen and oxygen atoms in total. The van der Waals surface area contributed by atoms with Crippen molar-refractivity contribution in [2.75, 3.05) is 0 Å². The van der Waals surface area contributed by atoms with Crippen molar-refractivity contribution in [1.82, 2.24) is 0 Å². The molecule has 0 aromatic rings. The summed E-state index contributed by atoms with van der Waals surface area (Å²) >= 11 is 0. The largest absolute Gasteiger partial charge is 0.295 e. The molecule has 0 aliphatic rings. The fourth-order valence-electron chi connectivity index (χ4n) is 0. The number of aldehydes is 2. The average molecular weight is 128 g/mol. The van der Waals surface area contributed by atoms with Crippen molar-refractivity contribution in [3.05, 3.63) is 25.3 Å². The minimum absolute atomic E-state index is 0. The molecule has 0 aromatic carbocycles. The molecule has 9 heavy (non-hydrogen) atoms. The second-order valence-electron chi connectivity index (χ2n) is 0.744. The lowest BCUT2D eigenvalue weighted by atomic mass is 10.6. The van der Waals surface area contributed by atoms with Crippen LogP contribution >= 0.6 is 0 Å². The Bertz CT molecular complexity index is 60.9. The normalized spacial score (nSPS) is 4.44. The van der Waals surface area contributed by atoms with E-state index in [1.54, 1.807) is 12.2 Å². The van der Waals surface area contributed by atoms with Gasteiger partial charge in [-0.25, -0.2) is 0 Å². The molecule has 0 aliphatic carbocycles. The minimum atomic E-state index is 0. The van der Waals surface area contributed by atoms with E-state index in [4.69, 9.17) is 9.59 Å². The Hall–Kier alpha value is -1.18. The molecular formula is C7H12O2. The topological polar surface area (TPSA) is 34.1 Å². The Morgan fingerprint density at radius 3 is 1.11 bits per heavy atom. The first-order valence-electron chi connectivity index (χ1n) is 1.95. The van der Waals surface area contributed by atoms with E-state index in [2.05, 4.69) is 13.2 Å². The third kappa shape index (κ3) is 236. The van der Waals surface area contributed by atoms with Gasteiger partial charge in [-0.05, 0) is 0 Å². The minimum Gasteiger partial charge on any atom is -0.295 e. The Balaban J connectivity index is -0.0000000720. The fraction of sp³-hybridized carbons (Fsp3) is 0.143. The third-order valence-corrected chi connectivity index (χ3v) is 0.222. The predicted octanol–water partition coefficient (Wildman–Crippen LogP) is 1.38. The standard InChI is InChI=1S/C4H6.C2H2O2.CH4/c1-3-4-2;3-1-2-4;/h3-4H,1-2H2;1-2H;1H4. The van der Waals surface area contributed by atoms with E-state index in [0.29, 0.717) is 0 Å². The van der Waals surface area contributed by atoms with Crippen molar-refractivity contribution in [3.8, 4) is 0 Å². The van der Waals surface area contributed by atoms with Crippen LogP contribution in [0.1, 0.15) is 7.43 Å². The summed E-state index contributed by atoms with van der Waals surface area (Å²) < 4.78 is 0. The van der Waals surface area contributed by atoms with Crippen LogP contribution in [0.2, 0.25) is 0 Å². The zero-order valence-electron chi connectivity index (χ0n) is 4.54. The Labute approximate surface area is 55.9 Å². The van der Waals surface area contributed by atoms with Gasteiger partial charge in [-0.2, -0.15) is 0 Å². The molecule has 0 saturated heterocycles. The maximum Gasteiger partial charge on any atom is 0.182 e. The summed E-state index contributed by atoms with van der Waals surface area (Å²) in [7, 11) is 0. The van der Waals surface area contributed by atoms with E-state index in [1.165, 1.54) is 0 Å². The van der Waals surface area contributed by atoms with E-state index < -0.39 is 0 Å². The molecule has 0 amide bonds. The quantitative estimate of drug-likeness (QED) is 0.320. The number of carbonyl (C=O) groups excluding carboxylic acids is 2. The predicted molar refractivity (Wildman–Crippen MR) is 39.3 cm³/mol. The van der Waals surface area contributed by atoms with E-state index in [-0.39, 0.29) is 20.0 Å². The maximum atomic E-state index is 8.81. The van der Waals surface area contributed by atoms with Crippen molar-refractivity contribution < 1.29 is 9.59 Å². The lowest BCUT2D eigenvalue weighted by Crippen LogP contribution is -1.62. The van der Waals surface area contributed by atoms with Gasteiger partial charge in [0.15, 0.2) is 12.6 Å². The van der Waals surface area contributed by atoms with Gasteiger partial charge >= 0.3 is 0 Å². The molecular weight excluding hydrogens is 116 g/mol. The summed E-state index contributed by atoms with van der Waals surface area (Å²) in [6.07, 6.45) is 3.67. The van der Waals surface area contributed by atoms with Crippen LogP contribution < -0.4 is 0 Å².